The SMILES string of the molecule is CCc1oc(-c2ccccc2)nc1COc1ccc(C[C@H](N/C(C)=C/C(=O)c2ccc(C(F)(F)F)cc2)C(=O)O)cc1. The van der Waals surface area contributed by atoms with Gasteiger partial charge in [0.2, 0.25) is 5.89 Å². The van der Waals surface area contributed by atoms with Crippen molar-refractivity contribution in [3.63, 3.8) is 0 Å². The van der Waals surface area contributed by atoms with Crippen molar-refractivity contribution in [3.8, 4) is 17.2 Å². The van der Waals surface area contributed by atoms with Crippen molar-refractivity contribution < 1.29 is 37.0 Å². The Kier molecular flexibility index (Phi) is 9.46. The third-order valence-corrected chi connectivity index (χ3v) is 6.40. The van der Waals surface area contributed by atoms with Gasteiger partial charge < -0.3 is 19.6 Å². The van der Waals surface area contributed by atoms with Gasteiger partial charge in [0, 0.05) is 35.7 Å². The van der Waals surface area contributed by atoms with E-state index in [1.54, 1.807) is 24.3 Å². The van der Waals surface area contributed by atoms with Crippen LogP contribution in [0.15, 0.2) is 95.1 Å². The molecular formula is C32H29F3N2O5. The standard InChI is InChI=1S/C32H29F3N2O5/c1-3-29-27(37-30(42-29)23-7-5-4-6-8-23)19-41-25-15-9-21(10-16-25)18-26(31(39)40)36-20(2)17-28(38)22-11-13-24(14-12-22)32(33,34)35/h4-17,26,36H,3,18-19H2,1-2H3,(H,39,40)/b20-17+/t26-/m0/s1. The first-order valence-corrected chi connectivity index (χ1v) is 13.2. The molecule has 218 valence electrons. The molecule has 0 fully saturated rings. The molecule has 0 unspecified atom stereocenters. The molecule has 0 spiro atoms. The topological polar surface area (TPSA) is 102 Å². The summed E-state index contributed by atoms with van der Waals surface area (Å²) in [5.41, 5.74) is 1.75. The summed E-state index contributed by atoms with van der Waals surface area (Å²) in [5.74, 6) is 0.161. The highest BCUT2D eigenvalue weighted by Gasteiger charge is 2.30. The molecule has 7 nitrogen and oxygen atoms in total. The van der Waals surface area contributed by atoms with E-state index in [0.29, 0.717) is 29.3 Å². The van der Waals surface area contributed by atoms with Crippen LogP contribution in [-0.2, 0) is 30.4 Å². The molecule has 1 aromatic heterocycles. The van der Waals surface area contributed by atoms with E-state index in [0.717, 1.165) is 41.7 Å². The number of rotatable bonds is 12. The Morgan fingerprint density at radius 3 is 2.29 bits per heavy atom. The van der Waals surface area contributed by atoms with Crippen LogP contribution in [0.2, 0.25) is 0 Å². The minimum absolute atomic E-state index is 0.0552. The van der Waals surface area contributed by atoms with E-state index in [1.165, 1.54) is 6.92 Å². The first kappa shape index (κ1) is 30.1. The summed E-state index contributed by atoms with van der Waals surface area (Å²) in [5, 5.41) is 12.5. The van der Waals surface area contributed by atoms with Crippen LogP contribution in [0.25, 0.3) is 11.5 Å². The smallest absolute Gasteiger partial charge is 0.416 e. The number of oxazole rings is 1. The van der Waals surface area contributed by atoms with E-state index in [2.05, 4.69) is 10.3 Å². The number of ketones is 1. The van der Waals surface area contributed by atoms with E-state index in [9.17, 15) is 27.9 Å². The number of carboxylic acids is 1. The number of carbonyl (C=O) groups is 2. The van der Waals surface area contributed by atoms with Crippen LogP contribution < -0.4 is 10.1 Å². The van der Waals surface area contributed by atoms with Gasteiger partial charge in [-0.25, -0.2) is 9.78 Å². The lowest BCUT2D eigenvalue weighted by molar-refractivity contribution is -0.139. The first-order chi connectivity index (χ1) is 20.0. The van der Waals surface area contributed by atoms with E-state index in [-0.39, 0.29) is 24.3 Å². The van der Waals surface area contributed by atoms with Crippen LogP contribution >= 0.6 is 0 Å². The van der Waals surface area contributed by atoms with Gasteiger partial charge in [0.05, 0.1) is 5.56 Å². The molecule has 3 aromatic carbocycles. The number of carbonyl (C=O) groups excluding carboxylic acids is 1. The van der Waals surface area contributed by atoms with E-state index in [1.807, 2.05) is 37.3 Å². The predicted octanol–water partition coefficient (Wildman–Crippen LogP) is 6.87. The van der Waals surface area contributed by atoms with Crippen molar-refractivity contribution in [1.29, 1.82) is 0 Å². The molecule has 1 heterocycles. The van der Waals surface area contributed by atoms with Crippen LogP contribution in [0, 0.1) is 0 Å². The lowest BCUT2D eigenvalue weighted by atomic mass is 10.0. The molecule has 0 aliphatic carbocycles. The fourth-order valence-electron chi connectivity index (χ4n) is 4.21. The van der Waals surface area contributed by atoms with Gasteiger partial charge in [-0.2, -0.15) is 13.2 Å². The molecular weight excluding hydrogens is 549 g/mol. The molecule has 42 heavy (non-hydrogen) atoms. The number of aryl methyl sites for hydroxylation is 1. The van der Waals surface area contributed by atoms with Crippen molar-refractivity contribution >= 4 is 11.8 Å². The Labute approximate surface area is 240 Å². The number of aliphatic carboxylic acids is 1. The average Bonchev–Trinajstić information content (AvgIpc) is 3.40. The highest BCUT2D eigenvalue weighted by molar-refractivity contribution is 6.04. The van der Waals surface area contributed by atoms with E-state index < -0.39 is 29.5 Å². The Morgan fingerprint density at radius 1 is 1.02 bits per heavy atom. The van der Waals surface area contributed by atoms with Crippen molar-refractivity contribution in [2.45, 2.75) is 45.5 Å². The van der Waals surface area contributed by atoms with Gasteiger partial charge in [0.25, 0.3) is 0 Å². The number of benzene rings is 3. The second-order valence-electron chi connectivity index (χ2n) is 9.55. The third kappa shape index (κ3) is 7.87. The van der Waals surface area contributed by atoms with Crippen LogP contribution in [0.5, 0.6) is 5.75 Å². The number of halogens is 3. The van der Waals surface area contributed by atoms with Crippen LogP contribution in [0.4, 0.5) is 13.2 Å². The van der Waals surface area contributed by atoms with Gasteiger partial charge in [0.15, 0.2) is 5.78 Å². The minimum atomic E-state index is -4.50. The highest BCUT2D eigenvalue weighted by Crippen LogP contribution is 2.29. The molecule has 0 aliphatic rings. The van der Waals surface area contributed by atoms with E-state index >= 15 is 0 Å². The number of nitrogens with zero attached hydrogens (tertiary/aromatic N) is 1. The number of alkyl halides is 3. The number of ether oxygens (including phenoxy) is 1. The van der Waals surface area contributed by atoms with Crippen LogP contribution in [0.3, 0.4) is 0 Å². The summed E-state index contributed by atoms with van der Waals surface area (Å²) in [6, 6.07) is 19.3. The van der Waals surface area contributed by atoms with Gasteiger partial charge in [0.1, 0.15) is 29.9 Å². The molecule has 4 aromatic rings. The molecule has 0 amide bonds. The van der Waals surface area contributed by atoms with Crippen LogP contribution in [-0.4, -0.2) is 27.9 Å². The molecule has 10 heteroatoms. The normalized spacial score (nSPS) is 12.5. The van der Waals surface area contributed by atoms with Crippen LogP contribution in [0.1, 0.15) is 46.8 Å². The van der Waals surface area contributed by atoms with E-state index in [4.69, 9.17) is 9.15 Å². The number of nitrogens with one attached hydrogen (secondary N) is 1. The molecule has 4 rings (SSSR count). The lowest BCUT2D eigenvalue weighted by Gasteiger charge is -2.16. The molecule has 0 saturated heterocycles. The van der Waals surface area contributed by atoms with Gasteiger partial charge in [-0.05, 0) is 48.9 Å². The maximum atomic E-state index is 12.8. The van der Waals surface area contributed by atoms with Gasteiger partial charge in [-0.3, -0.25) is 4.79 Å². The molecule has 0 bridgehead atoms. The minimum Gasteiger partial charge on any atom is -0.487 e. The maximum Gasteiger partial charge on any atom is 0.416 e. The monoisotopic (exact) mass is 578 g/mol. The zero-order chi connectivity index (χ0) is 30.3. The number of carboxylic acid groups (broad SMARTS) is 1. The Balaban J connectivity index is 1.35. The number of aromatic nitrogens is 1. The molecule has 0 saturated carbocycles. The Morgan fingerprint density at radius 2 is 1.69 bits per heavy atom. The van der Waals surface area contributed by atoms with Crippen molar-refractivity contribution in [2.75, 3.05) is 0 Å². The second kappa shape index (κ2) is 13.2. The third-order valence-electron chi connectivity index (χ3n) is 6.40. The summed E-state index contributed by atoms with van der Waals surface area (Å²) >= 11 is 0. The number of allylic oxidation sites excluding steroid dienone is 2. The Hall–Kier alpha value is -4.86. The summed E-state index contributed by atoms with van der Waals surface area (Å²) < 4.78 is 50.1. The molecule has 0 radical (unpaired) electrons. The second-order valence-corrected chi connectivity index (χ2v) is 9.55. The fourth-order valence-corrected chi connectivity index (χ4v) is 4.21. The summed E-state index contributed by atoms with van der Waals surface area (Å²) in [6.07, 6.45) is -2.58. The molecule has 2 N–H and O–H groups in total. The lowest BCUT2D eigenvalue weighted by Crippen LogP contribution is -2.37. The maximum absolute atomic E-state index is 12.8. The quantitative estimate of drug-likeness (QED) is 0.140. The molecule has 1 atom stereocenters. The predicted molar refractivity (Wildman–Crippen MR) is 150 cm³/mol. The van der Waals surface area contributed by atoms with Crippen molar-refractivity contribution in [2.24, 2.45) is 0 Å². The Bertz CT molecular complexity index is 1540. The van der Waals surface area contributed by atoms with Gasteiger partial charge in [-0.1, -0.05) is 49.4 Å². The summed E-state index contributed by atoms with van der Waals surface area (Å²) in [7, 11) is 0. The zero-order valence-electron chi connectivity index (χ0n) is 22.9. The van der Waals surface area contributed by atoms with Crippen molar-refractivity contribution in [3.05, 3.63) is 119 Å². The largest absolute Gasteiger partial charge is 0.487 e. The highest BCUT2D eigenvalue weighted by atomic mass is 19.4. The van der Waals surface area contributed by atoms with Crippen molar-refractivity contribution in [1.82, 2.24) is 10.3 Å². The van der Waals surface area contributed by atoms with Gasteiger partial charge in [-0.15, -0.1) is 0 Å². The number of hydrogen-bond donors (Lipinski definition) is 2. The summed E-state index contributed by atoms with van der Waals surface area (Å²) in [6.45, 7) is 3.70. The fraction of sp³-hybridized carbons (Fsp3) is 0.219. The molecule has 0 aliphatic heterocycles. The summed E-state index contributed by atoms with van der Waals surface area (Å²) in [4.78, 5) is 29.0. The number of hydrogen-bond acceptors (Lipinski definition) is 6. The first-order valence-electron chi connectivity index (χ1n) is 13.2. The zero-order valence-corrected chi connectivity index (χ0v) is 22.9. The van der Waals surface area contributed by atoms with Gasteiger partial charge >= 0.3 is 12.1 Å². The average molecular weight is 579 g/mol.